The maximum Gasteiger partial charge on any atom is 0.132 e. The van der Waals surface area contributed by atoms with E-state index in [-0.39, 0.29) is 0 Å². The second kappa shape index (κ2) is 3.49. The summed E-state index contributed by atoms with van der Waals surface area (Å²) in [5.74, 6) is 1.50. The summed E-state index contributed by atoms with van der Waals surface area (Å²) in [5.41, 5.74) is 0. The minimum atomic E-state index is 0.745. The molecule has 0 aliphatic heterocycles. The Morgan fingerprint density at radius 2 is 1.79 bits per heavy atom. The molecule has 0 saturated carbocycles. The van der Waals surface area contributed by atoms with Gasteiger partial charge in [0.25, 0.3) is 0 Å². The molecule has 1 heterocycles. The van der Waals surface area contributed by atoms with Crippen molar-refractivity contribution in [1.82, 2.24) is 10.2 Å². The summed E-state index contributed by atoms with van der Waals surface area (Å²) in [7, 11) is 3.24. The van der Waals surface area contributed by atoms with Crippen LogP contribution in [0.1, 0.15) is 0 Å². The zero-order valence-corrected chi connectivity index (χ0v) is 8.02. The third-order valence-corrected chi connectivity index (χ3v) is 2.05. The fraction of sp³-hybridized carbons (Fsp3) is 0.200. The maximum absolute atomic E-state index is 5.22. The van der Waals surface area contributed by atoms with Gasteiger partial charge in [-0.25, -0.2) is 0 Å². The quantitative estimate of drug-likeness (QED) is 0.722. The molecule has 0 bridgehead atoms. The molecule has 2 aromatic rings. The van der Waals surface area contributed by atoms with Crippen LogP contribution in [0.25, 0.3) is 10.8 Å². The molecule has 0 radical (unpaired) electrons. The summed E-state index contributed by atoms with van der Waals surface area (Å²) in [6.45, 7) is 0. The van der Waals surface area contributed by atoms with Gasteiger partial charge in [0.2, 0.25) is 0 Å². The van der Waals surface area contributed by atoms with Crippen molar-refractivity contribution >= 4 is 10.8 Å². The molecule has 0 atom stereocenters. The number of methoxy groups -OCH3 is 2. The molecule has 0 aliphatic carbocycles. The summed E-state index contributed by atoms with van der Waals surface area (Å²) in [5, 5.41) is 9.50. The summed E-state index contributed by atoms with van der Waals surface area (Å²) in [6, 6.07) is 3.72. The van der Waals surface area contributed by atoms with Crippen molar-refractivity contribution in [3.8, 4) is 11.5 Å². The lowest BCUT2D eigenvalue weighted by Crippen LogP contribution is -1.90. The van der Waals surface area contributed by atoms with Crippen molar-refractivity contribution in [2.24, 2.45) is 0 Å². The Kier molecular flexibility index (Phi) is 2.18. The van der Waals surface area contributed by atoms with Crippen molar-refractivity contribution in [2.45, 2.75) is 0 Å². The Bertz CT molecular complexity index is 457. The Balaban J connectivity index is 2.73. The van der Waals surface area contributed by atoms with Gasteiger partial charge in [-0.15, -0.1) is 0 Å². The average molecular weight is 190 g/mol. The number of rotatable bonds is 2. The van der Waals surface area contributed by atoms with Crippen LogP contribution in [0.15, 0.2) is 24.5 Å². The highest BCUT2D eigenvalue weighted by Gasteiger charge is 2.04. The van der Waals surface area contributed by atoms with E-state index < -0.39 is 0 Å². The van der Waals surface area contributed by atoms with E-state index in [0.29, 0.717) is 0 Å². The van der Waals surface area contributed by atoms with Crippen LogP contribution in [0.2, 0.25) is 0 Å². The molecule has 0 saturated heterocycles. The molecule has 0 aliphatic rings. The molecule has 2 rings (SSSR count). The fourth-order valence-corrected chi connectivity index (χ4v) is 1.34. The van der Waals surface area contributed by atoms with Crippen molar-refractivity contribution < 1.29 is 9.47 Å². The summed E-state index contributed by atoms with van der Waals surface area (Å²) in [6.07, 6.45) is 3.36. The predicted octanol–water partition coefficient (Wildman–Crippen LogP) is 1.65. The van der Waals surface area contributed by atoms with Gasteiger partial charge < -0.3 is 9.47 Å². The van der Waals surface area contributed by atoms with Gasteiger partial charge >= 0.3 is 0 Å². The first-order chi connectivity index (χ1) is 6.85. The van der Waals surface area contributed by atoms with Crippen molar-refractivity contribution in [3.05, 3.63) is 24.5 Å². The first kappa shape index (κ1) is 8.74. The predicted molar refractivity (Wildman–Crippen MR) is 52.6 cm³/mol. The van der Waals surface area contributed by atoms with Crippen LogP contribution >= 0.6 is 0 Å². The van der Waals surface area contributed by atoms with Crippen molar-refractivity contribution in [2.75, 3.05) is 14.2 Å². The number of aromatic nitrogens is 2. The van der Waals surface area contributed by atoms with E-state index in [1.165, 1.54) is 0 Å². The van der Waals surface area contributed by atoms with Crippen LogP contribution in [0, 0.1) is 0 Å². The monoisotopic (exact) mass is 190 g/mol. The van der Waals surface area contributed by atoms with E-state index in [9.17, 15) is 0 Å². The number of fused-ring (bicyclic) bond motifs is 1. The topological polar surface area (TPSA) is 44.2 Å². The normalized spacial score (nSPS) is 10.1. The second-order valence-electron chi connectivity index (χ2n) is 2.82. The lowest BCUT2D eigenvalue weighted by Gasteiger charge is -2.07. The fourth-order valence-electron chi connectivity index (χ4n) is 1.34. The van der Waals surface area contributed by atoms with Gasteiger partial charge in [0.05, 0.1) is 26.6 Å². The van der Waals surface area contributed by atoms with Gasteiger partial charge in [-0.3, -0.25) is 0 Å². The molecule has 4 nitrogen and oxygen atoms in total. The van der Waals surface area contributed by atoms with Gasteiger partial charge in [-0.05, 0) is 6.07 Å². The molecule has 72 valence electrons. The van der Waals surface area contributed by atoms with E-state index >= 15 is 0 Å². The molecule has 0 amide bonds. The van der Waals surface area contributed by atoms with Gasteiger partial charge in [-0.2, -0.15) is 10.2 Å². The minimum Gasteiger partial charge on any atom is -0.497 e. The Morgan fingerprint density at radius 1 is 1.00 bits per heavy atom. The zero-order valence-electron chi connectivity index (χ0n) is 8.02. The van der Waals surface area contributed by atoms with E-state index in [1.54, 1.807) is 26.6 Å². The average Bonchev–Trinajstić information content (AvgIpc) is 2.27. The SMILES string of the molecule is COc1cc(OC)c2cnncc2c1. The standard InChI is InChI=1S/C10H10N2O2/c1-13-8-3-7-5-11-12-6-9(7)10(4-8)14-2/h3-6H,1-2H3. The smallest absolute Gasteiger partial charge is 0.132 e. The highest BCUT2D eigenvalue weighted by atomic mass is 16.5. The number of benzene rings is 1. The number of hydrogen-bond acceptors (Lipinski definition) is 4. The molecular formula is C10H10N2O2. The van der Waals surface area contributed by atoms with E-state index in [4.69, 9.17) is 9.47 Å². The first-order valence-corrected chi connectivity index (χ1v) is 4.17. The van der Waals surface area contributed by atoms with Gasteiger partial charge in [0.1, 0.15) is 11.5 Å². The molecule has 1 aromatic heterocycles. The van der Waals surface area contributed by atoms with E-state index in [0.717, 1.165) is 22.3 Å². The molecule has 0 spiro atoms. The lowest BCUT2D eigenvalue weighted by molar-refractivity contribution is 0.398. The minimum absolute atomic E-state index is 0.745. The van der Waals surface area contributed by atoms with Crippen LogP contribution in [-0.2, 0) is 0 Å². The second-order valence-corrected chi connectivity index (χ2v) is 2.82. The van der Waals surface area contributed by atoms with E-state index in [2.05, 4.69) is 10.2 Å². The zero-order chi connectivity index (χ0) is 9.97. The molecular weight excluding hydrogens is 180 g/mol. The molecule has 14 heavy (non-hydrogen) atoms. The summed E-state index contributed by atoms with van der Waals surface area (Å²) in [4.78, 5) is 0. The summed E-state index contributed by atoms with van der Waals surface area (Å²) >= 11 is 0. The molecule has 0 unspecified atom stereocenters. The number of nitrogens with zero attached hydrogens (tertiary/aromatic N) is 2. The van der Waals surface area contributed by atoms with Crippen LogP contribution in [0.3, 0.4) is 0 Å². The largest absolute Gasteiger partial charge is 0.497 e. The third-order valence-electron chi connectivity index (χ3n) is 2.05. The Hall–Kier alpha value is -1.84. The lowest BCUT2D eigenvalue weighted by atomic mass is 10.2. The van der Waals surface area contributed by atoms with Crippen LogP contribution < -0.4 is 9.47 Å². The van der Waals surface area contributed by atoms with Crippen molar-refractivity contribution in [3.63, 3.8) is 0 Å². The van der Waals surface area contributed by atoms with Gasteiger partial charge in [0.15, 0.2) is 0 Å². The molecule has 0 fully saturated rings. The molecule has 4 heteroatoms. The van der Waals surface area contributed by atoms with Crippen LogP contribution in [-0.4, -0.2) is 24.4 Å². The number of hydrogen-bond donors (Lipinski definition) is 0. The maximum atomic E-state index is 5.22. The molecule has 1 aromatic carbocycles. The van der Waals surface area contributed by atoms with Gasteiger partial charge in [0, 0.05) is 16.8 Å². The van der Waals surface area contributed by atoms with Gasteiger partial charge in [-0.1, -0.05) is 0 Å². The first-order valence-electron chi connectivity index (χ1n) is 4.17. The number of ether oxygens (including phenoxy) is 2. The Labute approximate surface area is 81.5 Å². The molecule has 0 N–H and O–H groups in total. The summed E-state index contributed by atoms with van der Waals surface area (Å²) < 4.78 is 10.4. The van der Waals surface area contributed by atoms with Crippen molar-refractivity contribution in [1.29, 1.82) is 0 Å². The highest BCUT2D eigenvalue weighted by Crippen LogP contribution is 2.29. The van der Waals surface area contributed by atoms with Crippen LogP contribution in [0.4, 0.5) is 0 Å². The Morgan fingerprint density at radius 3 is 2.50 bits per heavy atom. The highest BCUT2D eigenvalue weighted by molar-refractivity contribution is 5.88. The van der Waals surface area contributed by atoms with Crippen LogP contribution in [0.5, 0.6) is 11.5 Å². The van der Waals surface area contributed by atoms with E-state index in [1.807, 2.05) is 12.1 Å². The third kappa shape index (κ3) is 1.35.